The Labute approximate surface area is 175 Å². The number of carbonyl (C=O) groups excluding carboxylic acids is 3. The van der Waals surface area contributed by atoms with Gasteiger partial charge in [-0.2, -0.15) is 0 Å². The number of hydrogen-bond acceptors (Lipinski definition) is 7. The fourth-order valence-corrected chi connectivity index (χ4v) is 3.19. The van der Waals surface area contributed by atoms with E-state index in [1.54, 1.807) is 26.8 Å². The molecule has 0 spiro atoms. The second kappa shape index (κ2) is 9.63. The summed E-state index contributed by atoms with van der Waals surface area (Å²) in [5, 5.41) is 10.4. The Hall–Kier alpha value is -2.06. The third-order valence-electron chi connectivity index (χ3n) is 4.53. The van der Waals surface area contributed by atoms with Crippen molar-refractivity contribution in [2.75, 3.05) is 6.79 Å². The molecule has 1 aliphatic rings. The highest BCUT2D eigenvalue weighted by molar-refractivity contribution is 6.47. The van der Waals surface area contributed by atoms with Gasteiger partial charge in [-0.25, -0.2) is 4.79 Å². The van der Waals surface area contributed by atoms with Gasteiger partial charge in [0.15, 0.2) is 0 Å². The SMILES string of the molecule is CCCC(=O)C[C@H]1Cc2ccc(Cl)c(C(=O)OCOC(=O)C(C)(C)C)c2OB1O. The topological polar surface area (TPSA) is 99.1 Å². The molecule has 0 fully saturated rings. The Balaban J connectivity index is 2.12. The Kier molecular flexibility index (Phi) is 7.71. The standard InChI is InChI=1S/C20H26BClO7/c1-5-6-14(23)10-13-9-12-7-8-15(22)16(17(12)29-21(13)26)18(24)27-11-28-19(25)20(2,3)4/h7-8,13,26H,5-6,9-11H2,1-4H3/t13-/m1/s1. The second-order valence-electron chi connectivity index (χ2n) is 8.11. The zero-order valence-corrected chi connectivity index (χ0v) is 17.9. The molecule has 0 saturated carbocycles. The number of ether oxygens (including phenoxy) is 2. The molecule has 0 unspecified atom stereocenters. The summed E-state index contributed by atoms with van der Waals surface area (Å²) in [6.45, 7) is 6.39. The molecule has 1 aromatic rings. The smallest absolute Gasteiger partial charge is 0.526 e. The average Bonchev–Trinajstić information content (AvgIpc) is 2.61. The summed E-state index contributed by atoms with van der Waals surface area (Å²) < 4.78 is 15.5. The monoisotopic (exact) mass is 424 g/mol. The summed E-state index contributed by atoms with van der Waals surface area (Å²) in [5.74, 6) is -1.58. The molecule has 1 heterocycles. The van der Waals surface area contributed by atoms with E-state index in [2.05, 4.69) is 0 Å². The van der Waals surface area contributed by atoms with Crippen LogP contribution in [0.15, 0.2) is 12.1 Å². The summed E-state index contributed by atoms with van der Waals surface area (Å²) in [5.41, 5.74) is -0.131. The summed E-state index contributed by atoms with van der Waals surface area (Å²) in [6.07, 6.45) is 1.74. The Morgan fingerprint density at radius 3 is 2.59 bits per heavy atom. The molecule has 0 aliphatic carbocycles. The van der Waals surface area contributed by atoms with Crippen LogP contribution in [0.2, 0.25) is 10.8 Å². The lowest BCUT2D eigenvalue weighted by Crippen LogP contribution is -2.36. The Morgan fingerprint density at radius 2 is 1.97 bits per heavy atom. The highest BCUT2D eigenvalue weighted by atomic mass is 35.5. The molecule has 158 valence electrons. The number of benzene rings is 1. The number of Topliss-reactive ketones (excluding diaryl/α,β-unsaturated/α-hetero) is 1. The molecule has 1 atom stereocenters. The van der Waals surface area contributed by atoms with Crippen molar-refractivity contribution in [3.63, 3.8) is 0 Å². The first-order valence-electron chi connectivity index (χ1n) is 9.56. The maximum absolute atomic E-state index is 12.5. The number of halogens is 1. The van der Waals surface area contributed by atoms with Crippen LogP contribution >= 0.6 is 11.6 Å². The Bertz CT molecular complexity index is 788. The quantitative estimate of drug-likeness (QED) is 0.405. The molecule has 0 radical (unpaired) electrons. The fourth-order valence-electron chi connectivity index (χ4n) is 2.96. The third kappa shape index (κ3) is 5.96. The van der Waals surface area contributed by atoms with Gasteiger partial charge in [0.05, 0.1) is 10.4 Å². The number of rotatable bonds is 7. The number of esters is 2. The third-order valence-corrected chi connectivity index (χ3v) is 4.84. The van der Waals surface area contributed by atoms with Gasteiger partial charge in [-0.3, -0.25) is 9.59 Å². The zero-order chi connectivity index (χ0) is 21.8. The minimum absolute atomic E-state index is 0.0478. The van der Waals surface area contributed by atoms with Crippen LogP contribution in [-0.2, 0) is 25.5 Å². The lowest BCUT2D eigenvalue weighted by molar-refractivity contribution is -0.161. The number of fused-ring (bicyclic) bond motifs is 1. The van der Waals surface area contributed by atoms with E-state index in [4.69, 9.17) is 25.7 Å². The predicted molar refractivity (Wildman–Crippen MR) is 108 cm³/mol. The minimum Gasteiger partial charge on any atom is -0.535 e. The lowest BCUT2D eigenvalue weighted by atomic mass is 9.64. The van der Waals surface area contributed by atoms with Crippen LogP contribution in [0, 0.1) is 5.41 Å². The maximum Gasteiger partial charge on any atom is 0.526 e. The van der Waals surface area contributed by atoms with Gasteiger partial charge in [0.1, 0.15) is 17.1 Å². The van der Waals surface area contributed by atoms with Gasteiger partial charge in [0.25, 0.3) is 0 Å². The van der Waals surface area contributed by atoms with Gasteiger partial charge in [0.2, 0.25) is 6.79 Å². The number of carbonyl (C=O) groups is 3. The maximum atomic E-state index is 12.5. The van der Waals surface area contributed by atoms with Crippen molar-refractivity contribution in [1.82, 2.24) is 0 Å². The molecule has 29 heavy (non-hydrogen) atoms. The first-order chi connectivity index (χ1) is 13.5. The van der Waals surface area contributed by atoms with Crippen LogP contribution in [0.4, 0.5) is 0 Å². The van der Waals surface area contributed by atoms with Gasteiger partial charge in [-0.15, -0.1) is 0 Å². The van der Waals surface area contributed by atoms with E-state index in [0.717, 1.165) is 6.42 Å². The van der Waals surface area contributed by atoms with E-state index in [1.165, 1.54) is 6.07 Å². The van der Waals surface area contributed by atoms with Crippen LogP contribution in [0.5, 0.6) is 5.75 Å². The van der Waals surface area contributed by atoms with Crippen molar-refractivity contribution in [3.8, 4) is 5.75 Å². The first-order valence-corrected chi connectivity index (χ1v) is 9.94. The van der Waals surface area contributed by atoms with E-state index >= 15 is 0 Å². The second-order valence-corrected chi connectivity index (χ2v) is 8.51. The zero-order valence-electron chi connectivity index (χ0n) is 17.1. The molecule has 0 amide bonds. The van der Waals surface area contributed by atoms with Crippen molar-refractivity contribution in [1.29, 1.82) is 0 Å². The average molecular weight is 425 g/mol. The molecule has 0 bridgehead atoms. The largest absolute Gasteiger partial charge is 0.535 e. The van der Waals surface area contributed by atoms with Gasteiger partial charge in [-0.05, 0) is 45.2 Å². The highest BCUT2D eigenvalue weighted by Crippen LogP contribution is 2.39. The molecular formula is C20H26BClO7. The first kappa shape index (κ1) is 23.2. The normalized spacial score (nSPS) is 15.9. The van der Waals surface area contributed by atoms with Gasteiger partial charge < -0.3 is 19.2 Å². The van der Waals surface area contributed by atoms with Gasteiger partial charge >= 0.3 is 19.1 Å². The van der Waals surface area contributed by atoms with Gasteiger partial charge in [0, 0.05) is 18.7 Å². The van der Waals surface area contributed by atoms with Crippen molar-refractivity contribution < 1.29 is 33.5 Å². The van der Waals surface area contributed by atoms with Crippen LogP contribution in [-0.4, -0.2) is 36.7 Å². The van der Waals surface area contributed by atoms with E-state index in [0.29, 0.717) is 18.4 Å². The minimum atomic E-state index is -1.24. The van der Waals surface area contributed by atoms with Crippen LogP contribution in [0.25, 0.3) is 0 Å². The molecule has 1 N–H and O–H groups in total. The van der Waals surface area contributed by atoms with Crippen molar-refractivity contribution in [3.05, 3.63) is 28.3 Å². The molecule has 2 rings (SSSR count). The molecule has 1 aliphatic heterocycles. The van der Waals surface area contributed by atoms with E-state index in [-0.39, 0.29) is 28.5 Å². The van der Waals surface area contributed by atoms with Crippen molar-refractivity contribution in [2.45, 2.75) is 59.2 Å². The molecule has 9 heteroatoms. The van der Waals surface area contributed by atoms with Crippen molar-refractivity contribution >= 4 is 36.4 Å². The van der Waals surface area contributed by atoms with Crippen LogP contribution in [0.3, 0.4) is 0 Å². The molecule has 0 aromatic heterocycles. The molecule has 0 saturated heterocycles. The van der Waals surface area contributed by atoms with Crippen LogP contribution < -0.4 is 4.65 Å². The summed E-state index contributed by atoms with van der Waals surface area (Å²) in [7, 11) is -1.24. The van der Waals surface area contributed by atoms with Crippen molar-refractivity contribution in [2.24, 2.45) is 5.41 Å². The molecular weight excluding hydrogens is 398 g/mol. The molecule has 7 nitrogen and oxygen atoms in total. The predicted octanol–water partition coefficient (Wildman–Crippen LogP) is 3.59. The number of ketones is 1. The Morgan fingerprint density at radius 1 is 1.28 bits per heavy atom. The lowest BCUT2D eigenvalue weighted by Gasteiger charge is -2.28. The van der Waals surface area contributed by atoms with Crippen LogP contribution in [0.1, 0.15) is 62.9 Å². The summed E-state index contributed by atoms with van der Waals surface area (Å²) >= 11 is 6.16. The van der Waals surface area contributed by atoms with Gasteiger partial charge in [-0.1, -0.05) is 24.6 Å². The summed E-state index contributed by atoms with van der Waals surface area (Å²) in [6, 6.07) is 3.22. The fraction of sp³-hybridized carbons (Fsp3) is 0.550. The van der Waals surface area contributed by atoms with E-state index in [1.807, 2.05) is 6.92 Å². The number of hydrogen-bond donors (Lipinski definition) is 1. The van der Waals surface area contributed by atoms with E-state index < -0.39 is 37.1 Å². The summed E-state index contributed by atoms with van der Waals surface area (Å²) in [4.78, 5) is 36.2. The highest BCUT2D eigenvalue weighted by Gasteiger charge is 2.38. The molecule has 1 aromatic carbocycles. The van der Waals surface area contributed by atoms with E-state index in [9.17, 15) is 19.4 Å².